The van der Waals surface area contributed by atoms with Crippen molar-refractivity contribution in [2.24, 2.45) is 0 Å². The van der Waals surface area contributed by atoms with E-state index in [0.717, 1.165) is 37.1 Å². The van der Waals surface area contributed by atoms with Gasteiger partial charge in [0, 0.05) is 16.6 Å². The van der Waals surface area contributed by atoms with Gasteiger partial charge < -0.3 is 9.47 Å². The van der Waals surface area contributed by atoms with Gasteiger partial charge in [0.25, 0.3) is 5.91 Å². The first-order chi connectivity index (χ1) is 15.6. The second kappa shape index (κ2) is 9.87. The molecule has 176 valence electrons. The molecule has 0 spiro atoms. The molecule has 0 fully saturated rings. The van der Waals surface area contributed by atoms with E-state index in [9.17, 15) is 22.8 Å². The molecule has 0 atom stereocenters. The molecule has 0 unspecified atom stereocenters. The Morgan fingerprint density at radius 3 is 2.36 bits per heavy atom. The zero-order chi connectivity index (χ0) is 24.3. The number of nitrogens with zero attached hydrogens (tertiary/aromatic N) is 1. The summed E-state index contributed by atoms with van der Waals surface area (Å²) in [5, 5.41) is 0.822. The number of alkyl halides is 3. The fraction of sp³-hybridized carbons (Fsp3) is 0.333. The van der Waals surface area contributed by atoms with Crippen LogP contribution in [0, 0.1) is 6.92 Å². The van der Waals surface area contributed by atoms with Crippen molar-refractivity contribution in [3.8, 4) is 5.75 Å². The predicted molar refractivity (Wildman–Crippen MR) is 119 cm³/mol. The maximum atomic E-state index is 13.3. The van der Waals surface area contributed by atoms with E-state index in [1.54, 1.807) is 13.0 Å². The Hall–Kier alpha value is -3.00. The van der Waals surface area contributed by atoms with Gasteiger partial charge in [-0.3, -0.25) is 14.2 Å². The highest BCUT2D eigenvalue weighted by Gasteiger charge is 2.30. The number of hydrogen-bond acceptors (Lipinski definition) is 4. The number of aromatic nitrogens is 1. The molecule has 1 aromatic heterocycles. The van der Waals surface area contributed by atoms with Crippen LogP contribution in [0.1, 0.15) is 46.9 Å². The van der Waals surface area contributed by atoms with Crippen molar-refractivity contribution in [3.63, 3.8) is 0 Å². The molecule has 3 rings (SSSR count). The average molecular weight is 482 g/mol. The summed E-state index contributed by atoms with van der Waals surface area (Å²) in [6.45, 7) is 3.94. The van der Waals surface area contributed by atoms with Crippen molar-refractivity contribution < 1.29 is 32.2 Å². The molecule has 0 aliphatic rings. The van der Waals surface area contributed by atoms with Crippen LogP contribution < -0.4 is 4.74 Å². The molecular formula is C24H23ClF3NO4. The summed E-state index contributed by atoms with van der Waals surface area (Å²) in [6, 6.07) is 7.14. The topological polar surface area (TPSA) is 57.5 Å². The third kappa shape index (κ3) is 5.16. The molecule has 0 aliphatic carbocycles. The lowest BCUT2D eigenvalue weighted by molar-refractivity contribution is -0.143. The average Bonchev–Trinajstić information content (AvgIpc) is 3.02. The van der Waals surface area contributed by atoms with Gasteiger partial charge in [-0.1, -0.05) is 24.9 Å². The van der Waals surface area contributed by atoms with Crippen molar-refractivity contribution in [3.05, 3.63) is 63.8 Å². The molecule has 0 bridgehead atoms. The number of esters is 1. The molecule has 5 nitrogen and oxygen atoms in total. The third-order valence-corrected chi connectivity index (χ3v) is 5.65. The molecule has 9 heteroatoms. The van der Waals surface area contributed by atoms with Crippen molar-refractivity contribution in [2.45, 2.75) is 39.3 Å². The maximum Gasteiger partial charge on any atom is 0.416 e. The van der Waals surface area contributed by atoms with Crippen LogP contribution in [0.4, 0.5) is 13.2 Å². The second-order valence-corrected chi connectivity index (χ2v) is 7.94. The molecule has 0 N–H and O–H groups in total. The monoisotopic (exact) mass is 481 g/mol. The minimum Gasteiger partial charge on any atom is -0.495 e. The number of methoxy groups -OCH3 is 1. The largest absolute Gasteiger partial charge is 0.495 e. The Balaban J connectivity index is 2.09. The van der Waals surface area contributed by atoms with Crippen LogP contribution in [0.25, 0.3) is 10.9 Å². The minimum atomic E-state index is -4.51. The third-order valence-electron chi connectivity index (χ3n) is 5.35. The van der Waals surface area contributed by atoms with Gasteiger partial charge in [-0.15, -0.1) is 0 Å². The van der Waals surface area contributed by atoms with E-state index in [1.165, 1.54) is 17.7 Å². The summed E-state index contributed by atoms with van der Waals surface area (Å²) in [6.07, 6.45) is -2.97. The van der Waals surface area contributed by atoms with Crippen LogP contribution in [0.2, 0.25) is 5.02 Å². The zero-order valence-corrected chi connectivity index (χ0v) is 19.1. The molecule has 2 aromatic carbocycles. The summed E-state index contributed by atoms with van der Waals surface area (Å²) in [4.78, 5) is 25.7. The van der Waals surface area contributed by atoms with Gasteiger partial charge in [0.15, 0.2) is 0 Å². The molecule has 0 saturated heterocycles. The van der Waals surface area contributed by atoms with Gasteiger partial charge in [-0.05, 0) is 55.3 Å². The van der Waals surface area contributed by atoms with Crippen molar-refractivity contribution in [1.29, 1.82) is 0 Å². The van der Waals surface area contributed by atoms with E-state index in [4.69, 9.17) is 21.1 Å². The second-order valence-electron chi connectivity index (χ2n) is 7.53. The first-order valence-electron chi connectivity index (χ1n) is 10.3. The van der Waals surface area contributed by atoms with Crippen LogP contribution >= 0.6 is 11.6 Å². The molecule has 0 radical (unpaired) electrons. The molecule has 1 heterocycles. The fourth-order valence-corrected chi connectivity index (χ4v) is 3.81. The number of ether oxygens (including phenoxy) is 2. The van der Waals surface area contributed by atoms with E-state index in [-0.39, 0.29) is 17.0 Å². The molecule has 3 aromatic rings. The highest BCUT2D eigenvalue weighted by atomic mass is 35.5. The van der Waals surface area contributed by atoms with E-state index < -0.39 is 23.6 Å². The van der Waals surface area contributed by atoms with Gasteiger partial charge in [0.05, 0.1) is 36.2 Å². The number of halogens is 4. The number of fused-ring (bicyclic) bond motifs is 1. The minimum absolute atomic E-state index is 0.0620. The van der Waals surface area contributed by atoms with E-state index in [1.807, 2.05) is 6.92 Å². The summed E-state index contributed by atoms with van der Waals surface area (Å²) in [5.74, 6) is -0.622. The van der Waals surface area contributed by atoms with Crippen LogP contribution in [0.3, 0.4) is 0 Å². The SMILES string of the molecule is CCCCOC(=O)Cc1c(C)n(C(=O)c2ccc(C(F)(F)F)cc2)c2cc(Cl)c(OC)cc12. The van der Waals surface area contributed by atoms with Crippen molar-refractivity contribution in [1.82, 2.24) is 4.57 Å². The highest BCUT2D eigenvalue weighted by molar-refractivity contribution is 6.33. The van der Waals surface area contributed by atoms with E-state index >= 15 is 0 Å². The fourth-order valence-electron chi connectivity index (χ4n) is 3.58. The molecule has 0 aliphatic heterocycles. The molecule has 33 heavy (non-hydrogen) atoms. The number of benzene rings is 2. The maximum absolute atomic E-state index is 13.3. The Kier molecular flexibility index (Phi) is 7.37. The lowest BCUT2D eigenvalue weighted by atomic mass is 10.1. The number of rotatable bonds is 7. The highest BCUT2D eigenvalue weighted by Crippen LogP contribution is 2.36. The summed E-state index contributed by atoms with van der Waals surface area (Å²) in [7, 11) is 1.45. The summed E-state index contributed by atoms with van der Waals surface area (Å²) < 4.78 is 50.6. The van der Waals surface area contributed by atoms with Crippen molar-refractivity contribution >= 4 is 34.4 Å². The predicted octanol–water partition coefficient (Wildman–Crippen LogP) is 6.20. The molecular weight excluding hydrogens is 459 g/mol. The number of carbonyl (C=O) groups is 2. The van der Waals surface area contributed by atoms with Gasteiger partial charge in [0.2, 0.25) is 0 Å². The first-order valence-corrected chi connectivity index (χ1v) is 10.7. The zero-order valence-electron chi connectivity index (χ0n) is 18.4. The number of unbranched alkanes of at least 4 members (excludes halogenated alkanes) is 1. The standard InChI is InChI=1S/C24H23ClF3NO4/c1-4-5-10-33-22(30)12-17-14(2)29(20-13-19(25)21(32-3)11-18(17)20)23(31)15-6-8-16(9-7-15)24(26,27)28/h6-9,11,13H,4-5,10,12H2,1-3H3. The Bertz CT molecular complexity index is 1180. The van der Waals surface area contributed by atoms with Gasteiger partial charge >= 0.3 is 12.1 Å². The van der Waals surface area contributed by atoms with Crippen molar-refractivity contribution in [2.75, 3.05) is 13.7 Å². The Labute approximate surface area is 194 Å². The Morgan fingerprint density at radius 1 is 1.12 bits per heavy atom. The summed E-state index contributed by atoms with van der Waals surface area (Å²) in [5.41, 5.74) is 0.649. The van der Waals surface area contributed by atoms with Gasteiger partial charge in [-0.2, -0.15) is 13.2 Å². The quantitative estimate of drug-likeness (QED) is 0.297. The summed E-state index contributed by atoms with van der Waals surface area (Å²) >= 11 is 6.28. The smallest absolute Gasteiger partial charge is 0.416 e. The van der Waals surface area contributed by atoms with Gasteiger partial charge in [-0.25, -0.2) is 0 Å². The van der Waals surface area contributed by atoms with Crippen LogP contribution in [-0.2, 0) is 22.1 Å². The van der Waals surface area contributed by atoms with E-state index in [0.29, 0.717) is 34.5 Å². The van der Waals surface area contributed by atoms with E-state index in [2.05, 4.69) is 0 Å². The van der Waals surface area contributed by atoms with Crippen LogP contribution in [0.5, 0.6) is 5.75 Å². The van der Waals surface area contributed by atoms with Crippen LogP contribution in [0.15, 0.2) is 36.4 Å². The molecule has 0 amide bonds. The van der Waals surface area contributed by atoms with Crippen LogP contribution in [-0.4, -0.2) is 30.2 Å². The molecule has 0 saturated carbocycles. The normalized spacial score (nSPS) is 11.6. The lowest BCUT2D eigenvalue weighted by Gasteiger charge is -2.10. The Morgan fingerprint density at radius 2 is 1.79 bits per heavy atom. The lowest BCUT2D eigenvalue weighted by Crippen LogP contribution is -2.15. The number of hydrogen-bond donors (Lipinski definition) is 0. The number of carbonyl (C=O) groups excluding carboxylic acids is 2. The van der Waals surface area contributed by atoms with Gasteiger partial charge in [0.1, 0.15) is 5.75 Å². The first kappa shape index (κ1) is 24.6.